The van der Waals surface area contributed by atoms with Crippen LogP contribution in [0.3, 0.4) is 0 Å². The monoisotopic (exact) mass is 402 g/mol. The minimum atomic E-state index is -3.75. The molecule has 0 bridgehead atoms. The van der Waals surface area contributed by atoms with E-state index in [1.165, 1.54) is 15.9 Å². The summed E-state index contributed by atoms with van der Waals surface area (Å²) >= 11 is 0. The van der Waals surface area contributed by atoms with Gasteiger partial charge in [-0.25, -0.2) is 8.42 Å². The Morgan fingerprint density at radius 2 is 1.64 bits per heavy atom. The molecule has 150 valence electrons. The Morgan fingerprint density at radius 1 is 1.04 bits per heavy atom. The molecule has 28 heavy (non-hydrogen) atoms. The van der Waals surface area contributed by atoms with Crippen LogP contribution >= 0.6 is 0 Å². The summed E-state index contributed by atoms with van der Waals surface area (Å²) in [5.74, 6) is -0.313. The lowest BCUT2D eigenvalue weighted by Gasteiger charge is -2.27. The second kappa shape index (κ2) is 8.86. The van der Waals surface area contributed by atoms with Crippen LogP contribution in [-0.4, -0.2) is 56.9 Å². The first kappa shape index (κ1) is 20.5. The highest BCUT2D eigenvalue weighted by atomic mass is 32.2. The molecule has 0 aliphatic carbocycles. The summed E-state index contributed by atoms with van der Waals surface area (Å²) in [6, 6.07) is 14.5. The maximum Gasteiger partial charge on any atom is 0.255 e. The van der Waals surface area contributed by atoms with E-state index in [4.69, 9.17) is 4.74 Å². The Bertz CT molecular complexity index is 920. The summed E-state index contributed by atoms with van der Waals surface area (Å²) in [5.41, 5.74) is 2.43. The van der Waals surface area contributed by atoms with Crippen molar-refractivity contribution in [3.05, 3.63) is 65.2 Å². The third-order valence-electron chi connectivity index (χ3n) is 4.90. The van der Waals surface area contributed by atoms with Gasteiger partial charge in [0.1, 0.15) is 0 Å². The number of amides is 1. The maximum atomic E-state index is 13.1. The molecule has 0 saturated carbocycles. The van der Waals surface area contributed by atoms with E-state index in [0.717, 1.165) is 12.0 Å². The molecule has 2 aromatic carbocycles. The molecule has 0 atom stereocenters. The van der Waals surface area contributed by atoms with Gasteiger partial charge in [-0.05, 0) is 29.7 Å². The van der Waals surface area contributed by atoms with Crippen molar-refractivity contribution in [3.8, 4) is 0 Å². The summed E-state index contributed by atoms with van der Waals surface area (Å²) in [4.78, 5) is 14.6. The van der Waals surface area contributed by atoms with Crippen LogP contribution in [0.15, 0.2) is 53.4 Å². The van der Waals surface area contributed by atoms with Gasteiger partial charge in [0.2, 0.25) is 10.0 Å². The highest BCUT2D eigenvalue weighted by Gasteiger charge is 2.30. The number of hydrogen-bond donors (Lipinski definition) is 0. The molecule has 1 aliphatic heterocycles. The molecule has 0 radical (unpaired) electrons. The van der Waals surface area contributed by atoms with Crippen LogP contribution in [-0.2, 0) is 27.7 Å². The molecular weight excluding hydrogens is 376 g/mol. The molecule has 1 saturated heterocycles. The standard InChI is InChI=1S/C21H26N2O4S/c1-3-17-8-10-18(11-9-17)16-22(2)21(24)19-6-4-5-7-20(19)28(25,26)23-12-14-27-15-13-23/h4-11H,3,12-16H2,1-2H3. The molecular formula is C21H26N2O4S. The molecule has 2 aromatic rings. The van der Waals surface area contributed by atoms with Gasteiger partial charge in [0.15, 0.2) is 0 Å². The maximum absolute atomic E-state index is 13.1. The predicted molar refractivity (Wildman–Crippen MR) is 108 cm³/mol. The van der Waals surface area contributed by atoms with Gasteiger partial charge in [-0.2, -0.15) is 4.31 Å². The fourth-order valence-corrected chi connectivity index (χ4v) is 4.82. The molecule has 7 heteroatoms. The van der Waals surface area contributed by atoms with Crippen LogP contribution in [0, 0.1) is 0 Å². The second-order valence-electron chi connectivity index (χ2n) is 6.84. The number of morpholine rings is 1. The number of rotatable bonds is 6. The molecule has 6 nitrogen and oxygen atoms in total. The number of benzene rings is 2. The molecule has 1 aliphatic rings. The average molecular weight is 403 g/mol. The molecule has 3 rings (SSSR count). The van der Waals surface area contributed by atoms with Gasteiger partial charge in [-0.1, -0.05) is 43.3 Å². The third-order valence-corrected chi connectivity index (χ3v) is 6.86. The Morgan fingerprint density at radius 3 is 2.29 bits per heavy atom. The zero-order valence-electron chi connectivity index (χ0n) is 16.3. The quantitative estimate of drug-likeness (QED) is 0.745. The Hall–Kier alpha value is -2.22. The highest BCUT2D eigenvalue weighted by Crippen LogP contribution is 2.23. The SMILES string of the molecule is CCc1ccc(CN(C)C(=O)c2ccccc2S(=O)(=O)N2CCOCC2)cc1. The Labute approximate surface area is 166 Å². The number of carbonyl (C=O) groups excluding carboxylic acids is 1. The zero-order valence-corrected chi connectivity index (χ0v) is 17.1. The van der Waals surface area contributed by atoms with Crippen LogP contribution in [0.25, 0.3) is 0 Å². The number of carbonyl (C=O) groups is 1. The van der Waals surface area contributed by atoms with E-state index in [1.807, 2.05) is 24.3 Å². The topological polar surface area (TPSA) is 66.9 Å². The fraction of sp³-hybridized carbons (Fsp3) is 0.381. The van der Waals surface area contributed by atoms with Gasteiger partial charge in [0, 0.05) is 26.7 Å². The number of sulfonamides is 1. The first-order chi connectivity index (χ1) is 13.4. The van der Waals surface area contributed by atoms with Gasteiger partial charge in [0.25, 0.3) is 5.91 Å². The van der Waals surface area contributed by atoms with Gasteiger partial charge in [0.05, 0.1) is 23.7 Å². The normalized spacial score (nSPS) is 15.4. The molecule has 1 amide bonds. The van der Waals surface area contributed by atoms with Crippen molar-refractivity contribution in [3.63, 3.8) is 0 Å². The van der Waals surface area contributed by atoms with Crippen molar-refractivity contribution in [1.82, 2.24) is 9.21 Å². The molecule has 0 aromatic heterocycles. The van der Waals surface area contributed by atoms with Crippen LogP contribution in [0.1, 0.15) is 28.4 Å². The summed E-state index contributed by atoms with van der Waals surface area (Å²) in [6.07, 6.45) is 0.960. The van der Waals surface area contributed by atoms with Crippen molar-refractivity contribution in [1.29, 1.82) is 0 Å². The lowest BCUT2D eigenvalue weighted by Crippen LogP contribution is -2.41. The summed E-state index contributed by atoms with van der Waals surface area (Å²) in [5, 5.41) is 0. The average Bonchev–Trinajstić information content (AvgIpc) is 2.74. The number of nitrogens with zero attached hydrogens (tertiary/aromatic N) is 2. The fourth-order valence-electron chi connectivity index (χ4n) is 3.23. The molecule has 0 spiro atoms. The van der Waals surface area contributed by atoms with Crippen molar-refractivity contribution >= 4 is 15.9 Å². The molecule has 1 heterocycles. The minimum Gasteiger partial charge on any atom is -0.379 e. The van der Waals surface area contributed by atoms with E-state index < -0.39 is 10.0 Å². The van der Waals surface area contributed by atoms with E-state index >= 15 is 0 Å². The van der Waals surface area contributed by atoms with E-state index in [2.05, 4.69) is 6.92 Å². The van der Waals surface area contributed by atoms with Crippen molar-refractivity contribution in [2.75, 3.05) is 33.4 Å². The van der Waals surface area contributed by atoms with E-state index in [-0.39, 0.29) is 16.4 Å². The van der Waals surface area contributed by atoms with Crippen molar-refractivity contribution < 1.29 is 17.9 Å². The lowest BCUT2D eigenvalue weighted by molar-refractivity contribution is 0.0727. The predicted octanol–water partition coefficient (Wildman–Crippen LogP) is 2.54. The van der Waals surface area contributed by atoms with E-state index in [9.17, 15) is 13.2 Å². The van der Waals surface area contributed by atoms with Gasteiger partial charge in [-0.15, -0.1) is 0 Å². The number of ether oxygens (including phenoxy) is 1. The highest BCUT2D eigenvalue weighted by molar-refractivity contribution is 7.89. The molecule has 0 unspecified atom stereocenters. The molecule has 0 N–H and O–H groups in total. The van der Waals surface area contributed by atoms with Crippen LogP contribution in [0.4, 0.5) is 0 Å². The zero-order chi connectivity index (χ0) is 20.1. The third kappa shape index (κ3) is 4.43. The van der Waals surface area contributed by atoms with E-state index in [0.29, 0.717) is 32.8 Å². The molecule has 1 fully saturated rings. The van der Waals surface area contributed by atoms with Crippen molar-refractivity contribution in [2.45, 2.75) is 24.8 Å². The van der Waals surface area contributed by atoms with Gasteiger partial charge in [-0.3, -0.25) is 4.79 Å². The van der Waals surface area contributed by atoms with Crippen LogP contribution < -0.4 is 0 Å². The smallest absolute Gasteiger partial charge is 0.255 e. The summed E-state index contributed by atoms with van der Waals surface area (Å²) in [6.45, 7) is 3.83. The number of aryl methyl sites for hydroxylation is 1. The first-order valence-electron chi connectivity index (χ1n) is 9.43. The summed E-state index contributed by atoms with van der Waals surface area (Å²) in [7, 11) is -2.06. The lowest BCUT2D eigenvalue weighted by atomic mass is 10.1. The second-order valence-corrected chi connectivity index (χ2v) is 8.75. The van der Waals surface area contributed by atoms with Crippen molar-refractivity contribution in [2.24, 2.45) is 0 Å². The first-order valence-corrected chi connectivity index (χ1v) is 10.9. The Kier molecular flexibility index (Phi) is 6.49. The summed E-state index contributed by atoms with van der Waals surface area (Å²) < 4.78 is 32.8. The minimum absolute atomic E-state index is 0.0510. The van der Waals surface area contributed by atoms with Crippen LogP contribution in [0.2, 0.25) is 0 Å². The Balaban J connectivity index is 1.83. The van der Waals surface area contributed by atoms with Gasteiger partial charge >= 0.3 is 0 Å². The largest absolute Gasteiger partial charge is 0.379 e. The number of hydrogen-bond acceptors (Lipinski definition) is 4. The van der Waals surface area contributed by atoms with Gasteiger partial charge < -0.3 is 9.64 Å². The van der Waals surface area contributed by atoms with Crippen LogP contribution in [0.5, 0.6) is 0 Å². The van der Waals surface area contributed by atoms with E-state index in [1.54, 1.807) is 30.1 Å².